The highest BCUT2D eigenvalue weighted by Gasteiger charge is 2.32. The second-order valence-electron chi connectivity index (χ2n) is 5.96. The molecule has 3 rings (SSSR count). The van der Waals surface area contributed by atoms with Gasteiger partial charge in [0.2, 0.25) is 10.0 Å². The number of sulfonamides is 1. The van der Waals surface area contributed by atoms with E-state index in [2.05, 4.69) is 4.98 Å². The number of nitrogens with two attached hydrogens (primary N) is 1. The van der Waals surface area contributed by atoms with E-state index < -0.39 is 27.9 Å². The van der Waals surface area contributed by atoms with Crippen molar-refractivity contribution in [2.75, 3.05) is 0 Å². The van der Waals surface area contributed by atoms with E-state index in [1.807, 2.05) is 0 Å². The van der Waals surface area contributed by atoms with Crippen LogP contribution in [0.5, 0.6) is 0 Å². The maximum Gasteiger partial charge on any atom is 0.417 e. The van der Waals surface area contributed by atoms with E-state index in [1.165, 1.54) is 30.3 Å². The first-order chi connectivity index (χ1) is 12.1. The minimum absolute atomic E-state index is 0.0324. The van der Waals surface area contributed by atoms with Crippen molar-refractivity contribution >= 4 is 21.2 Å². The van der Waals surface area contributed by atoms with Crippen LogP contribution in [-0.2, 0) is 16.2 Å². The van der Waals surface area contributed by atoms with Gasteiger partial charge in [0.1, 0.15) is 6.17 Å². The van der Waals surface area contributed by atoms with Crippen molar-refractivity contribution in [2.45, 2.75) is 30.1 Å². The van der Waals surface area contributed by atoms with Crippen molar-refractivity contribution in [3.8, 4) is 0 Å². The number of hydrogen-bond acceptors (Lipinski definition) is 3. The molecule has 1 aromatic carbocycles. The number of alkyl halides is 4. The van der Waals surface area contributed by atoms with Gasteiger partial charge in [-0.2, -0.15) is 13.2 Å². The van der Waals surface area contributed by atoms with Gasteiger partial charge in [0.25, 0.3) is 0 Å². The quantitative estimate of drug-likeness (QED) is 0.816. The third-order valence-electron chi connectivity index (χ3n) is 4.15. The van der Waals surface area contributed by atoms with Gasteiger partial charge in [-0.25, -0.2) is 17.9 Å². The zero-order valence-corrected chi connectivity index (χ0v) is 14.1. The van der Waals surface area contributed by atoms with Gasteiger partial charge in [0.15, 0.2) is 0 Å². The summed E-state index contributed by atoms with van der Waals surface area (Å²) >= 11 is 0. The molecule has 0 spiro atoms. The number of primary sulfonamides is 1. The Kier molecular flexibility index (Phi) is 4.61. The Labute approximate surface area is 147 Å². The number of hydrogen-bond donors (Lipinski definition) is 1. The Morgan fingerprint density at radius 1 is 1.00 bits per heavy atom. The predicted octanol–water partition coefficient (Wildman–Crippen LogP) is 3.79. The smallest absolute Gasteiger partial charge is 0.256 e. The Balaban J connectivity index is 2.00. The minimum Gasteiger partial charge on any atom is -0.256 e. The van der Waals surface area contributed by atoms with Crippen LogP contribution in [0.3, 0.4) is 0 Å². The molecule has 1 atom stereocenters. The van der Waals surface area contributed by atoms with Crippen molar-refractivity contribution in [1.29, 1.82) is 0 Å². The van der Waals surface area contributed by atoms with Crippen molar-refractivity contribution in [1.82, 2.24) is 4.98 Å². The lowest BCUT2D eigenvalue weighted by Gasteiger charge is -2.10. The molecule has 9 heteroatoms. The van der Waals surface area contributed by atoms with Gasteiger partial charge in [0.05, 0.1) is 16.2 Å². The number of rotatable bonds is 3. The normalized spacial score (nSPS) is 18.4. The lowest BCUT2D eigenvalue weighted by atomic mass is 10.00. The Bertz CT molecular complexity index is 950. The van der Waals surface area contributed by atoms with E-state index in [-0.39, 0.29) is 23.4 Å². The summed E-state index contributed by atoms with van der Waals surface area (Å²) in [5.41, 5.74) is 1.06. The average molecular weight is 386 g/mol. The molecule has 1 heterocycles. The standard InChI is InChI=1S/C17H14F4N2O2S/c18-12-7-14(10-1-4-13(5-2-10)26(22,24)25)15(8-12)16-6-3-11(9-23-16)17(19,20)21/h1-6,9,12H,7-8H2,(H2,22,24,25). The number of halogens is 4. The van der Waals surface area contributed by atoms with Gasteiger partial charge in [-0.15, -0.1) is 0 Å². The molecular weight excluding hydrogens is 372 g/mol. The van der Waals surface area contributed by atoms with E-state index >= 15 is 0 Å². The van der Waals surface area contributed by atoms with Crippen LogP contribution < -0.4 is 5.14 Å². The molecule has 0 amide bonds. The molecule has 0 saturated carbocycles. The average Bonchev–Trinajstić information content (AvgIpc) is 2.95. The summed E-state index contributed by atoms with van der Waals surface area (Å²) in [6.45, 7) is 0. The van der Waals surface area contributed by atoms with Gasteiger partial charge in [-0.1, -0.05) is 12.1 Å². The Morgan fingerprint density at radius 3 is 2.12 bits per heavy atom. The molecule has 1 aromatic heterocycles. The van der Waals surface area contributed by atoms with E-state index in [9.17, 15) is 26.0 Å². The molecular formula is C17H14F4N2O2S. The van der Waals surface area contributed by atoms with Crippen molar-refractivity contribution in [3.05, 3.63) is 59.4 Å². The minimum atomic E-state index is -4.50. The first-order valence-corrected chi connectivity index (χ1v) is 9.13. The van der Waals surface area contributed by atoms with Gasteiger partial charge >= 0.3 is 6.18 Å². The van der Waals surface area contributed by atoms with Gasteiger partial charge in [-0.3, -0.25) is 4.98 Å². The number of benzene rings is 1. The zero-order valence-electron chi connectivity index (χ0n) is 13.3. The second kappa shape index (κ2) is 6.48. The summed E-state index contributed by atoms with van der Waals surface area (Å²) in [5.74, 6) is 0. The van der Waals surface area contributed by atoms with Gasteiger partial charge < -0.3 is 0 Å². The lowest BCUT2D eigenvalue weighted by molar-refractivity contribution is -0.137. The molecule has 138 valence electrons. The Hall–Kier alpha value is -2.26. The number of pyridine rings is 1. The first kappa shape index (κ1) is 18.5. The highest BCUT2D eigenvalue weighted by Crippen LogP contribution is 2.41. The SMILES string of the molecule is NS(=O)(=O)c1ccc(C2=C(c3ccc(C(F)(F)F)cn3)CC(F)C2)cc1. The lowest BCUT2D eigenvalue weighted by Crippen LogP contribution is -2.11. The fourth-order valence-electron chi connectivity index (χ4n) is 2.90. The number of nitrogens with zero attached hydrogens (tertiary/aromatic N) is 1. The van der Waals surface area contributed by atoms with Gasteiger partial charge in [-0.05, 0) is 41.0 Å². The molecule has 0 aliphatic heterocycles. The van der Waals surface area contributed by atoms with Crippen LogP contribution in [0.25, 0.3) is 11.1 Å². The topological polar surface area (TPSA) is 73.1 Å². The summed E-state index contributed by atoms with van der Waals surface area (Å²) in [6, 6.07) is 7.73. The Morgan fingerprint density at radius 2 is 1.62 bits per heavy atom. The fraction of sp³-hybridized carbons (Fsp3) is 0.235. The molecule has 2 N–H and O–H groups in total. The van der Waals surface area contributed by atoms with Crippen LogP contribution in [0.4, 0.5) is 17.6 Å². The molecule has 1 unspecified atom stereocenters. The molecule has 26 heavy (non-hydrogen) atoms. The maximum absolute atomic E-state index is 14.0. The molecule has 4 nitrogen and oxygen atoms in total. The third kappa shape index (κ3) is 3.78. The number of aromatic nitrogens is 1. The van der Waals surface area contributed by atoms with E-state index in [4.69, 9.17) is 5.14 Å². The highest BCUT2D eigenvalue weighted by molar-refractivity contribution is 7.89. The largest absolute Gasteiger partial charge is 0.417 e. The third-order valence-corrected chi connectivity index (χ3v) is 5.08. The van der Waals surface area contributed by atoms with Crippen LogP contribution in [0.15, 0.2) is 47.5 Å². The fourth-order valence-corrected chi connectivity index (χ4v) is 3.41. The molecule has 2 aromatic rings. The molecule has 1 aliphatic rings. The van der Waals surface area contributed by atoms with Crippen LogP contribution in [0, 0.1) is 0 Å². The maximum atomic E-state index is 14.0. The van der Waals surface area contributed by atoms with Gasteiger partial charge in [0, 0.05) is 19.0 Å². The van der Waals surface area contributed by atoms with Crippen molar-refractivity contribution in [3.63, 3.8) is 0 Å². The van der Waals surface area contributed by atoms with E-state index in [0.717, 1.165) is 12.3 Å². The summed E-state index contributed by atoms with van der Waals surface area (Å²) < 4.78 is 74.6. The first-order valence-electron chi connectivity index (χ1n) is 7.58. The molecule has 0 bridgehead atoms. The summed E-state index contributed by atoms with van der Waals surface area (Å²) in [7, 11) is -3.85. The zero-order chi connectivity index (χ0) is 19.1. The second-order valence-corrected chi connectivity index (χ2v) is 7.52. The predicted molar refractivity (Wildman–Crippen MR) is 88.0 cm³/mol. The molecule has 0 radical (unpaired) electrons. The van der Waals surface area contributed by atoms with Crippen molar-refractivity contribution < 1.29 is 26.0 Å². The summed E-state index contributed by atoms with van der Waals surface area (Å²) in [4.78, 5) is 3.76. The van der Waals surface area contributed by atoms with Crippen LogP contribution in [0.1, 0.15) is 29.7 Å². The van der Waals surface area contributed by atoms with Crippen LogP contribution in [0.2, 0.25) is 0 Å². The van der Waals surface area contributed by atoms with Crippen LogP contribution >= 0.6 is 0 Å². The molecule has 0 saturated heterocycles. The highest BCUT2D eigenvalue weighted by atomic mass is 32.2. The number of allylic oxidation sites excluding steroid dienone is 2. The molecule has 0 fully saturated rings. The van der Waals surface area contributed by atoms with Crippen molar-refractivity contribution in [2.24, 2.45) is 5.14 Å². The summed E-state index contributed by atoms with van der Waals surface area (Å²) in [6.07, 6.45) is -4.85. The monoisotopic (exact) mass is 386 g/mol. The summed E-state index contributed by atoms with van der Waals surface area (Å²) in [5, 5.41) is 5.05. The van der Waals surface area contributed by atoms with E-state index in [0.29, 0.717) is 16.7 Å². The van der Waals surface area contributed by atoms with E-state index in [1.54, 1.807) is 0 Å². The van der Waals surface area contributed by atoms with Crippen LogP contribution in [-0.4, -0.2) is 19.6 Å². The molecule has 1 aliphatic carbocycles.